The Bertz CT molecular complexity index is 829. The molecule has 0 spiro atoms. The van der Waals surface area contributed by atoms with E-state index in [-0.39, 0.29) is 11.4 Å². The van der Waals surface area contributed by atoms with Gasteiger partial charge in [0.15, 0.2) is 0 Å². The van der Waals surface area contributed by atoms with Crippen molar-refractivity contribution in [1.29, 1.82) is 0 Å². The standard InChI is InChI=1S/C25H34N2O2/c1-18-6-11-23(29-5)22(16-18)26-24(28)27-14-12-20(13-15-27)17-19-7-9-21(10-8-19)25(2,3)4/h6-11,16,20H,12-15,17H2,1-5H3,(H,26,28). The second kappa shape index (κ2) is 8.89. The van der Waals surface area contributed by atoms with Crippen molar-refractivity contribution in [3.63, 3.8) is 0 Å². The Morgan fingerprint density at radius 2 is 1.76 bits per heavy atom. The first kappa shape index (κ1) is 21.2. The van der Waals surface area contributed by atoms with E-state index in [4.69, 9.17) is 4.74 Å². The number of urea groups is 1. The van der Waals surface area contributed by atoms with Crippen molar-refractivity contribution in [2.45, 2.75) is 52.4 Å². The summed E-state index contributed by atoms with van der Waals surface area (Å²) >= 11 is 0. The first-order valence-electron chi connectivity index (χ1n) is 10.6. The summed E-state index contributed by atoms with van der Waals surface area (Å²) in [6.07, 6.45) is 3.17. The zero-order chi connectivity index (χ0) is 21.0. The highest BCUT2D eigenvalue weighted by molar-refractivity contribution is 5.91. The molecule has 0 aromatic heterocycles. The van der Waals surface area contributed by atoms with Crippen molar-refractivity contribution in [1.82, 2.24) is 4.90 Å². The van der Waals surface area contributed by atoms with Gasteiger partial charge in [0.2, 0.25) is 0 Å². The molecule has 0 bridgehead atoms. The number of ether oxygens (including phenoxy) is 1. The van der Waals surface area contributed by atoms with Gasteiger partial charge in [-0.05, 0) is 66.3 Å². The number of carbonyl (C=O) groups is 1. The molecule has 1 fully saturated rings. The zero-order valence-electron chi connectivity index (χ0n) is 18.4. The molecule has 3 rings (SSSR count). The van der Waals surface area contributed by atoms with Crippen molar-refractivity contribution in [2.75, 3.05) is 25.5 Å². The van der Waals surface area contributed by atoms with E-state index in [2.05, 4.69) is 50.4 Å². The highest BCUT2D eigenvalue weighted by Crippen LogP contribution is 2.28. The van der Waals surface area contributed by atoms with Gasteiger partial charge in [-0.2, -0.15) is 0 Å². The van der Waals surface area contributed by atoms with Crippen LogP contribution in [0.5, 0.6) is 5.75 Å². The summed E-state index contributed by atoms with van der Waals surface area (Å²) in [4.78, 5) is 14.6. The minimum atomic E-state index is -0.0399. The number of nitrogens with zero attached hydrogens (tertiary/aromatic N) is 1. The second-order valence-electron chi connectivity index (χ2n) is 9.22. The van der Waals surface area contributed by atoms with Gasteiger partial charge in [-0.25, -0.2) is 4.79 Å². The van der Waals surface area contributed by atoms with Crippen molar-refractivity contribution in [3.8, 4) is 5.75 Å². The summed E-state index contributed by atoms with van der Waals surface area (Å²) in [7, 11) is 1.62. The molecule has 1 aliphatic heterocycles. The lowest BCUT2D eigenvalue weighted by Gasteiger charge is -2.32. The van der Waals surface area contributed by atoms with Crippen LogP contribution in [0.4, 0.5) is 10.5 Å². The number of hydrogen-bond acceptors (Lipinski definition) is 2. The van der Waals surface area contributed by atoms with Crippen molar-refractivity contribution in [3.05, 3.63) is 59.2 Å². The number of amides is 2. The molecule has 1 N–H and O–H groups in total. The van der Waals surface area contributed by atoms with Crippen LogP contribution in [0.2, 0.25) is 0 Å². The van der Waals surface area contributed by atoms with Gasteiger partial charge in [-0.15, -0.1) is 0 Å². The Morgan fingerprint density at radius 3 is 2.34 bits per heavy atom. The fourth-order valence-electron chi connectivity index (χ4n) is 3.93. The van der Waals surface area contributed by atoms with Gasteiger partial charge < -0.3 is 15.0 Å². The van der Waals surface area contributed by atoms with E-state index in [1.165, 1.54) is 11.1 Å². The van der Waals surface area contributed by atoms with E-state index in [0.29, 0.717) is 11.7 Å². The molecule has 1 saturated heterocycles. The number of carbonyl (C=O) groups excluding carboxylic acids is 1. The molecular weight excluding hydrogens is 360 g/mol. The van der Waals surface area contributed by atoms with E-state index >= 15 is 0 Å². The molecule has 29 heavy (non-hydrogen) atoms. The fourth-order valence-corrected chi connectivity index (χ4v) is 3.93. The Kier molecular flexibility index (Phi) is 6.51. The van der Waals surface area contributed by atoms with Crippen LogP contribution >= 0.6 is 0 Å². The van der Waals surface area contributed by atoms with Crippen LogP contribution in [0, 0.1) is 12.8 Å². The summed E-state index contributed by atoms with van der Waals surface area (Å²) in [5.74, 6) is 1.32. The highest BCUT2D eigenvalue weighted by atomic mass is 16.5. The number of hydrogen-bond donors (Lipinski definition) is 1. The summed E-state index contributed by atoms with van der Waals surface area (Å²) in [5, 5.41) is 3.02. The number of nitrogens with one attached hydrogen (secondary N) is 1. The molecule has 0 radical (unpaired) electrons. The molecule has 4 heteroatoms. The lowest BCUT2D eigenvalue weighted by atomic mass is 9.85. The Morgan fingerprint density at radius 1 is 1.10 bits per heavy atom. The lowest BCUT2D eigenvalue weighted by molar-refractivity contribution is 0.182. The monoisotopic (exact) mass is 394 g/mol. The first-order valence-corrected chi connectivity index (χ1v) is 10.6. The molecule has 1 aliphatic rings. The number of likely N-dealkylation sites (tertiary alicyclic amines) is 1. The molecule has 0 atom stereocenters. The quantitative estimate of drug-likeness (QED) is 0.713. The van der Waals surface area contributed by atoms with E-state index in [0.717, 1.165) is 43.6 Å². The van der Waals surface area contributed by atoms with Crippen LogP contribution in [0.1, 0.15) is 50.3 Å². The molecule has 0 saturated carbocycles. The number of piperidine rings is 1. The van der Waals surface area contributed by atoms with Gasteiger partial charge in [0.05, 0.1) is 12.8 Å². The number of rotatable bonds is 4. The van der Waals surface area contributed by atoms with Crippen molar-refractivity contribution in [2.24, 2.45) is 5.92 Å². The maximum absolute atomic E-state index is 12.7. The van der Waals surface area contributed by atoms with Crippen LogP contribution in [-0.4, -0.2) is 31.1 Å². The van der Waals surface area contributed by atoms with Crippen LogP contribution < -0.4 is 10.1 Å². The number of benzene rings is 2. The highest BCUT2D eigenvalue weighted by Gasteiger charge is 2.24. The average Bonchev–Trinajstić information content (AvgIpc) is 2.68. The minimum absolute atomic E-state index is 0.0399. The summed E-state index contributed by atoms with van der Waals surface area (Å²) in [6.45, 7) is 10.3. The van der Waals surface area contributed by atoms with Crippen LogP contribution in [0.3, 0.4) is 0 Å². The van der Waals surface area contributed by atoms with E-state index in [1.54, 1.807) is 7.11 Å². The van der Waals surface area contributed by atoms with Crippen LogP contribution in [0.25, 0.3) is 0 Å². The van der Waals surface area contributed by atoms with Crippen LogP contribution in [-0.2, 0) is 11.8 Å². The third-order valence-corrected chi connectivity index (χ3v) is 5.84. The molecule has 2 amide bonds. The second-order valence-corrected chi connectivity index (χ2v) is 9.22. The lowest BCUT2D eigenvalue weighted by Crippen LogP contribution is -2.41. The molecular formula is C25H34N2O2. The molecule has 4 nitrogen and oxygen atoms in total. The third-order valence-electron chi connectivity index (χ3n) is 5.84. The molecule has 156 valence electrons. The largest absolute Gasteiger partial charge is 0.495 e. The van der Waals surface area contributed by atoms with Gasteiger partial charge >= 0.3 is 6.03 Å². The molecule has 0 unspecified atom stereocenters. The Balaban J connectivity index is 1.52. The number of anilines is 1. The van der Waals surface area contributed by atoms with Crippen molar-refractivity contribution >= 4 is 11.7 Å². The third kappa shape index (κ3) is 5.53. The molecule has 1 heterocycles. The summed E-state index contributed by atoms with van der Waals surface area (Å²) in [6, 6.07) is 14.8. The zero-order valence-corrected chi connectivity index (χ0v) is 18.4. The average molecular weight is 395 g/mol. The topological polar surface area (TPSA) is 41.6 Å². The van der Waals surface area contributed by atoms with E-state index in [9.17, 15) is 4.79 Å². The maximum Gasteiger partial charge on any atom is 0.321 e. The number of aryl methyl sites for hydroxylation is 1. The number of methoxy groups -OCH3 is 1. The van der Waals surface area contributed by atoms with Gasteiger partial charge in [-0.3, -0.25) is 0 Å². The van der Waals surface area contributed by atoms with E-state index < -0.39 is 0 Å². The summed E-state index contributed by atoms with van der Waals surface area (Å²) in [5.41, 5.74) is 4.79. The Hall–Kier alpha value is -2.49. The predicted octanol–water partition coefficient (Wildman–Crippen LogP) is 5.79. The predicted molar refractivity (Wildman–Crippen MR) is 120 cm³/mol. The Labute approximate surface area is 175 Å². The minimum Gasteiger partial charge on any atom is -0.495 e. The van der Waals surface area contributed by atoms with Gasteiger partial charge in [0, 0.05) is 13.1 Å². The van der Waals surface area contributed by atoms with Crippen LogP contribution in [0.15, 0.2) is 42.5 Å². The van der Waals surface area contributed by atoms with Gasteiger partial charge in [0.25, 0.3) is 0 Å². The first-order chi connectivity index (χ1) is 13.8. The molecule has 2 aromatic carbocycles. The normalized spacial score (nSPS) is 15.3. The summed E-state index contributed by atoms with van der Waals surface area (Å²) < 4.78 is 5.37. The fraction of sp³-hybridized carbons (Fsp3) is 0.480. The van der Waals surface area contributed by atoms with Gasteiger partial charge in [-0.1, -0.05) is 51.1 Å². The van der Waals surface area contributed by atoms with Crippen molar-refractivity contribution < 1.29 is 9.53 Å². The molecule has 0 aliphatic carbocycles. The van der Waals surface area contributed by atoms with E-state index in [1.807, 2.05) is 30.0 Å². The van der Waals surface area contributed by atoms with Gasteiger partial charge in [0.1, 0.15) is 5.75 Å². The molecule has 2 aromatic rings. The maximum atomic E-state index is 12.7. The smallest absolute Gasteiger partial charge is 0.321 e. The SMILES string of the molecule is COc1ccc(C)cc1NC(=O)N1CCC(Cc2ccc(C(C)(C)C)cc2)CC1.